The van der Waals surface area contributed by atoms with E-state index in [4.69, 9.17) is 43.6 Å². The first kappa shape index (κ1) is 73.3. The van der Waals surface area contributed by atoms with Gasteiger partial charge in [-0.05, 0) is 55.9 Å². The number of rotatable bonds is 50. The average molecular weight is 1210 g/mol. The molecule has 84 heavy (non-hydrogen) atoms. The van der Waals surface area contributed by atoms with Crippen molar-refractivity contribution in [3.05, 3.63) is 54.1 Å². The van der Waals surface area contributed by atoms with Crippen molar-refractivity contribution >= 4 is 43.0 Å². The molecule has 0 radical (unpaired) electrons. The zero-order valence-electron chi connectivity index (χ0n) is 49.8. The van der Waals surface area contributed by atoms with Gasteiger partial charge in [-0.25, -0.2) is 4.98 Å². The van der Waals surface area contributed by atoms with Gasteiger partial charge in [0.05, 0.1) is 125 Å². The number of amides is 6. The molecule has 2 aromatic rings. The van der Waals surface area contributed by atoms with E-state index in [1.54, 1.807) is 19.6 Å². The van der Waals surface area contributed by atoms with Gasteiger partial charge < -0.3 is 89.3 Å². The largest absolute Gasteiger partial charge is 0.394 e. The van der Waals surface area contributed by atoms with E-state index in [-0.39, 0.29) is 50.9 Å². The van der Waals surface area contributed by atoms with Crippen molar-refractivity contribution in [1.29, 1.82) is 0 Å². The Morgan fingerprint density at radius 2 is 1.19 bits per heavy atom. The SMILES string of the molecule is COCCOCCOCCOCCOCCOCCOCCOCCC(=O)N1CCCC1C(=O)N[C@@H](CC(C)C)C(=O)N[C@@H](Cc1cncn1CCCCCCCCc1ccccc1)C(=O)N[C@@H](CO)C(=O)N[C@H](C(N)=O)[C@@H](C)CP(=O)(O)O. The summed E-state index contributed by atoms with van der Waals surface area (Å²) in [5.74, 6) is -5.90. The number of imidazole rings is 1. The number of nitrogens with two attached hydrogens (primary N) is 1. The Hall–Kier alpha value is -4.96. The van der Waals surface area contributed by atoms with Crippen molar-refractivity contribution < 1.29 is 86.1 Å². The maximum atomic E-state index is 14.4. The summed E-state index contributed by atoms with van der Waals surface area (Å²) in [6.07, 6.45) is 10.4. The quantitative estimate of drug-likeness (QED) is 0.0343. The van der Waals surface area contributed by atoms with E-state index in [1.807, 2.05) is 36.6 Å². The van der Waals surface area contributed by atoms with Crippen LogP contribution in [-0.4, -0.2) is 221 Å². The number of carbonyl (C=O) groups is 6. The van der Waals surface area contributed by atoms with Crippen LogP contribution < -0.4 is 27.0 Å². The molecule has 3 rings (SSSR count). The number of aryl methyl sites for hydroxylation is 2. The average Bonchev–Trinajstić information content (AvgIpc) is 4.35. The molecule has 2 heterocycles. The third kappa shape index (κ3) is 32.0. The number of benzene rings is 1. The summed E-state index contributed by atoms with van der Waals surface area (Å²) in [7, 11) is -3.02. The molecule has 1 aliphatic rings. The molecule has 6 amide bonds. The Morgan fingerprint density at radius 3 is 1.73 bits per heavy atom. The highest BCUT2D eigenvalue weighted by Crippen LogP contribution is 2.37. The number of carbonyl (C=O) groups excluding carboxylic acids is 6. The van der Waals surface area contributed by atoms with E-state index in [9.17, 15) is 48.2 Å². The van der Waals surface area contributed by atoms with E-state index in [0.717, 1.165) is 44.9 Å². The molecule has 1 fully saturated rings. The molecular weight excluding hydrogens is 1120 g/mol. The van der Waals surface area contributed by atoms with Crippen LogP contribution in [0.3, 0.4) is 0 Å². The van der Waals surface area contributed by atoms with Gasteiger partial charge in [-0.1, -0.05) is 76.8 Å². The van der Waals surface area contributed by atoms with E-state index < -0.39 is 86.0 Å². The molecule has 0 aliphatic carbocycles. The summed E-state index contributed by atoms with van der Waals surface area (Å²) in [6, 6.07) is 3.65. The number of ether oxygens (including phenoxy) is 8. The monoisotopic (exact) mass is 1210 g/mol. The first-order valence-electron chi connectivity index (χ1n) is 29.5. The molecule has 1 saturated heterocycles. The Balaban J connectivity index is 1.52. The second kappa shape index (κ2) is 43.6. The number of likely N-dealkylation sites (tertiary alicyclic amines) is 1. The third-order valence-corrected chi connectivity index (χ3v) is 14.7. The Labute approximate surface area is 495 Å². The molecule has 9 N–H and O–H groups in total. The molecule has 478 valence electrons. The third-order valence-electron chi connectivity index (χ3n) is 13.7. The fourth-order valence-electron chi connectivity index (χ4n) is 9.24. The number of aliphatic hydroxyl groups excluding tert-OH is 1. The summed E-state index contributed by atoms with van der Waals surface area (Å²) in [5.41, 5.74) is 7.38. The molecule has 0 spiro atoms. The van der Waals surface area contributed by atoms with Crippen LogP contribution in [-0.2, 0) is 90.6 Å². The van der Waals surface area contributed by atoms with Crippen LogP contribution in [0.4, 0.5) is 0 Å². The zero-order valence-corrected chi connectivity index (χ0v) is 50.7. The second-order valence-corrected chi connectivity index (χ2v) is 22.8. The number of nitrogens with zero attached hydrogens (tertiary/aromatic N) is 3. The molecular formula is C57H97N8O18P. The van der Waals surface area contributed by atoms with Crippen LogP contribution >= 0.6 is 7.60 Å². The first-order valence-corrected chi connectivity index (χ1v) is 31.2. The normalized spacial score (nSPS) is 15.3. The number of unbranched alkanes of at least 4 members (excludes halogenated alkanes) is 5. The lowest BCUT2D eigenvalue weighted by Gasteiger charge is -2.29. The Bertz CT molecular complexity index is 2210. The van der Waals surface area contributed by atoms with Gasteiger partial charge in [0.2, 0.25) is 35.4 Å². The van der Waals surface area contributed by atoms with Crippen LogP contribution in [0.15, 0.2) is 42.9 Å². The van der Waals surface area contributed by atoms with Gasteiger partial charge in [0.1, 0.15) is 30.2 Å². The minimum Gasteiger partial charge on any atom is -0.394 e. The zero-order chi connectivity index (χ0) is 61.4. The van der Waals surface area contributed by atoms with E-state index in [1.165, 1.54) is 17.4 Å². The number of nitrogens with one attached hydrogen (secondary N) is 4. The van der Waals surface area contributed by atoms with Crippen molar-refractivity contribution in [2.24, 2.45) is 17.6 Å². The lowest BCUT2D eigenvalue weighted by molar-refractivity contribution is -0.140. The van der Waals surface area contributed by atoms with Gasteiger partial charge in [0.25, 0.3) is 0 Å². The maximum absolute atomic E-state index is 14.4. The maximum Gasteiger partial charge on any atom is 0.325 e. The summed E-state index contributed by atoms with van der Waals surface area (Å²) in [4.78, 5) is 107. The van der Waals surface area contributed by atoms with Gasteiger partial charge >= 0.3 is 7.60 Å². The van der Waals surface area contributed by atoms with Crippen molar-refractivity contribution in [3.8, 4) is 0 Å². The Morgan fingerprint density at radius 1 is 0.679 bits per heavy atom. The molecule has 1 aromatic heterocycles. The number of hydrogen-bond donors (Lipinski definition) is 8. The first-order chi connectivity index (χ1) is 40.4. The van der Waals surface area contributed by atoms with Gasteiger partial charge in [0.15, 0.2) is 0 Å². The van der Waals surface area contributed by atoms with Crippen molar-refractivity contribution in [2.45, 2.75) is 135 Å². The lowest BCUT2D eigenvalue weighted by atomic mass is 10.0. The number of hydrogen-bond acceptors (Lipinski definition) is 17. The molecule has 27 heteroatoms. The van der Waals surface area contributed by atoms with E-state index >= 15 is 0 Å². The van der Waals surface area contributed by atoms with Gasteiger partial charge in [0, 0.05) is 38.5 Å². The lowest BCUT2D eigenvalue weighted by Crippen LogP contribution is -2.60. The highest BCUT2D eigenvalue weighted by atomic mass is 31.2. The number of methoxy groups -OCH3 is 1. The molecule has 0 bridgehead atoms. The topological polar surface area (TPSA) is 349 Å². The van der Waals surface area contributed by atoms with Crippen molar-refractivity contribution in [3.63, 3.8) is 0 Å². The Kier molecular flexibility index (Phi) is 38.1. The minimum absolute atomic E-state index is 0.0117. The molecule has 6 atom stereocenters. The van der Waals surface area contributed by atoms with Crippen LogP contribution in [0.5, 0.6) is 0 Å². The summed E-state index contributed by atoms with van der Waals surface area (Å²) in [5, 5.41) is 20.7. The van der Waals surface area contributed by atoms with Crippen LogP contribution in [0.2, 0.25) is 0 Å². The molecule has 26 nitrogen and oxygen atoms in total. The predicted octanol–water partition coefficient (Wildman–Crippen LogP) is 1.43. The van der Waals surface area contributed by atoms with Gasteiger partial charge in [-0.15, -0.1) is 0 Å². The van der Waals surface area contributed by atoms with Crippen LogP contribution in [0.1, 0.15) is 96.2 Å². The van der Waals surface area contributed by atoms with Gasteiger partial charge in [-0.3, -0.25) is 33.3 Å². The van der Waals surface area contributed by atoms with Crippen molar-refractivity contribution in [2.75, 3.05) is 126 Å². The predicted molar refractivity (Wildman–Crippen MR) is 310 cm³/mol. The molecule has 1 aromatic carbocycles. The number of aromatic nitrogens is 2. The summed E-state index contributed by atoms with van der Waals surface area (Å²) < 4.78 is 57.0. The van der Waals surface area contributed by atoms with E-state index in [2.05, 4.69) is 38.4 Å². The molecule has 1 unspecified atom stereocenters. The van der Waals surface area contributed by atoms with Gasteiger partial charge in [-0.2, -0.15) is 0 Å². The van der Waals surface area contributed by atoms with Crippen LogP contribution in [0, 0.1) is 11.8 Å². The summed E-state index contributed by atoms with van der Waals surface area (Å²) >= 11 is 0. The highest BCUT2D eigenvalue weighted by molar-refractivity contribution is 7.51. The van der Waals surface area contributed by atoms with Crippen molar-refractivity contribution in [1.82, 2.24) is 35.7 Å². The van der Waals surface area contributed by atoms with Crippen LogP contribution in [0.25, 0.3) is 0 Å². The molecule has 1 aliphatic heterocycles. The molecule has 0 saturated carbocycles. The highest BCUT2D eigenvalue weighted by Gasteiger charge is 2.38. The summed E-state index contributed by atoms with van der Waals surface area (Å²) in [6.45, 7) is 11.0. The van der Waals surface area contributed by atoms with E-state index in [0.29, 0.717) is 111 Å². The smallest absolute Gasteiger partial charge is 0.325 e. The fraction of sp³-hybridized carbons (Fsp3) is 0.737. The second-order valence-electron chi connectivity index (χ2n) is 21.1. The number of aliphatic hydroxyl groups is 1. The standard InChI is InChI=1S/C57H97N8O18P/c1-43(2)37-47(61-57(72)50-18-14-21-65(50)51(67)19-22-77-25-26-79-29-30-81-33-34-83-36-35-82-32-31-80-28-27-78-24-23-76-4)54(69)60-48(55(70)62-49(40-66)56(71)63-52(53(58)68)44(3)41-84(73,74)75)38-46-39-59-42-64(46)20-13-8-6-5-7-10-15-45-16-11-9-12-17-45/h9,11-12,16-17,39,42-44,47-50,52,66H,5-8,10,13-15,18-38,40-41H2,1-4H3,(H2,58,68)(H,60,69)(H,61,72)(H,62,70)(H,63,71)(H2,73,74,75)/t44-,47-,48-,49-,50?,52-/m0/s1. The minimum atomic E-state index is -4.64. The number of primary amides is 1. The fourth-order valence-corrected chi connectivity index (χ4v) is 10.2.